The van der Waals surface area contributed by atoms with Crippen molar-refractivity contribution in [2.75, 3.05) is 13.2 Å². The maximum Gasteiger partial charge on any atom is 0.123 e. The molecule has 3 rings (SSSR count). The Labute approximate surface area is 130 Å². The van der Waals surface area contributed by atoms with Crippen LogP contribution >= 0.6 is 0 Å². The lowest BCUT2D eigenvalue weighted by molar-refractivity contribution is 0.0679. The van der Waals surface area contributed by atoms with Crippen LogP contribution in [0, 0.1) is 5.82 Å². The minimum absolute atomic E-state index is 0.184. The Morgan fingerprint density at radius 3 is 2.91 bits per heavy atom. The molecule has 1 aliphatic heterocycles. The van der Waals surface area contributed by atoms with Crippen LogP contribution in [0.25, 0.3) is 0 Å². The van der Waals surface area contributed by atoms with Crippen molar-refractivity contribution in [3.63, 3.8) is 0 Å². The third-order valence-electron chi connectivity index (χ3n) is 3.95. The molecule has 1 aliphatic rings. The first-order valence-electron chi connectivity index (χ1n) is 7.75. The van der Waals surface area contributed by atoms with Gasteiger partial charge in [0.1, 0.15) is 5.82 Å². The second-order valence-electron chi connectivity index (χ2n) is 5.96. The van der Waals surface area contributed by atoms with Crippen LogP contribution in [-0.2, 0) is 24.9 Å². The second kappa shape index (κ2) is 7.03. The van der Waals surface area contributed by atoms with Crippen molar-refractivity contribution in [3.05, 3.63) is 53.6 Å². The van der Waals surface area contributed by atoms with Crippen LogP contribution in [-0.4, -0.2) is 33.9 Å². The minimum atomic E-state index is -0.184. The molecule has 1 aromatic heterocycles. The van der Waals surface area contributed by atoms with E-state index in [-0.39, 0.29) is 11.9 Å². The highest BCUT2D eigenvalue weighted by atomic mass is 19.1. The summed E-state index contributed by atoms with van der Waals surface area (Å²) in [6, 6.07) is 6.81. The fourth-order valence-electron chi connectivity index (χ4n) is 2.97. The van der Waals surface area contributed by atoms with Crippen molar-refractivity contribution in [3.8, 4) is 0 Å². The van der Waals surface area contributed by atoms with Gasteiger partial charge in [-0.1, -0.05) is 12.1 Å². The van der Waals surface area contributed by atoms with E-state index in [0.29, 0.717) is 6.54 Å². The summed E-state index contributed by atoms with van der Waals surface area (Å²) in [5, 5.41) is 4.22. The Kier molecular flexibility index (Phi) is 4.85. The van der Waals surface area contributed by atoms with Gasteiger partial charge in [-0.15, -0.1) is 0 Å². The summed E-state index contributed by atoms with van der Waals surface area (Å²) in [6.45, 7) is 3.23. The number of rotatable bonds is 6. The molecule has 0 spiro atoms. The number of benzene rings is 1. The van der Waals surface area contributed by atoms with E-state index in [0.717, 1.165) is 43.7 Å². The van der Waals surface area contributed by atoms with E-state index in [4.69, 9.17) is 4.74 Å². The zero-order valence-corrected chi connectivity index (χ0v) is 12.9. The molecule has 0 amide bonds. The molecule has 22 heavy (non-hydrogen) atoms. The minimum Gasteiger partial charge on any atom is -0.377 e. The van der Waals surface area contributed by atoms with Crippen LogP contribution in [0.1, 0.15) is 24.0 Å². The fourth-order valence-corrected chi connectivity index (χ4v) is 2.97. The van der Waals surface area contributed by atoms with Gasteiger partial charge < -0.3 is 4.74 Å². The predicted octanol–water partition coefficient (Wildman–Crippen LogP) is 2.74. The number of hydrogen-bond donors (Lipinski definition) is 0. The molecule has 0 bridgehead atoms. The average molecular weight is 303 g/mol. The van der Waals surface area contributed by atoms with Gasteiger partial charge in [0.25, 0.3) is 0 Å². The number of aromatic nitrogens is 2. The first kappa shape index (κ1) is 15.2. The quantitative estimate of drug-likeness (QED) is 0.822. The highest BCUT2D eigenvalue weighted by Gasteiger charge is 2.20. The van der Waals surface area contributed by atoms with E-state index >= 15 is 0 Å². The maximum atomic E-state index is 13.4. The molecule has 5 heteroatoms. The highest BCUT2D eigenvalue weighted by Crippen LogP contribution is 2.17. The summed E-state index contributed by atoms with van der Waals surface area (Å²) in [5.41, 5.74) is 2.15. The van der Waals surface area contributed by atoms with Crippen LogP contribution < -0.4 is 0 Å². The fraction of sp³-hybridized carbons (Fsp3) is 0.471. The molecule has 1 saturated heterocycles. The van der Waals surface area contributed by atoms with E-state index < -0.39 is 0 Å². The zero-order valence-electron chi connectivity index (χ0n) is 12.9. The molecule has 1 fully saturated rings. The third kappa shape index (κ3) is 4.15. The molecule has 0 aliphatic carbocycles. The molecule has 118 valence electrons. The topological polar surface area (TPSA) is 30.3 Å². The Morgan fingerprint density at radius 1 is 1.36 bits per heavy atom. The van der Waals surface area contributed by atoms with E-state index in [1.807, 2.05) is 30.2 Å². The van der Waals surface area contributed by atoms with Gasteiger partial charge in [0.2, 0.25) is 0 Å². The molecular formula is C17H22FN3O. The lowest BCUT2D eigenvalue weighted by atomic mass is 10.1. The summed E-state index contributed by atoms with van der Waals surface area (Å²) in [7, 11) is 1.92. The van der Waals surface area contributed by atoms with Crippen LogP contribution in [0.15, 0.2) is 36.7 Å². The van der Waals surface area contributed by atoms with Gasteiger partial charge in [-0.05, 0) is 30.5 Å². The van der Waals surface area contributed by atoms with Crippen molar-refractivity contribution in [2.24, 2.45) is 7.05 Å². The first-order valence-corrected chi connectivity index (χ1v) is 7.75. The summed E-state index contributed by atoms with van der Waals surface area (Å²) in [6.07, 6.45) is 6.42. The number of aryl methyl sites for hydroxylation is 1. The van der Waals surface area contributed by atoms with Gasteiger partial charge >= 0.3 is 0 Å². The van der Waals surface area contributed by atoms with E-state index in [1.165, 1.54) is 6.07 Å². The predicted molar refractivity (Wildman–Crippen MR) is 82.7 cm³/mol. The Morgan fingerprint density at radius 2 is 2.23 bits per heavy atom. The number of halogens is 1. The van der Waals surface area contributed by atoms with Gasteiger partial charge in [0.15, 0.2) is 0 Å². The van der Waals surface area contributed by atoms with Crippen molar-refractivity contribution in [2.45, 2.75) is 32.0 Å². The van der Waals surface area contributed by atoms with Crippen LogP contribution in [0.2, 0.25) is 0 Å². The summed E-state index contributed by atoms with van der Waals surface area (Å²) >= 11 is 0. The van der Waals surface area contributed by atoms with Crippen LogP contribution in [0.4, 0.5) is 4.39 Å². The molecular weight excluding hydrogens is 281 g/mol. The average Bonchev–Trinajstić information content (AvgIpc) is 3.11. The lowest BCUT2D eigenvalue weighted by Crippen LogP contribution is -2.31. The third-order valence-corrected chi connectivity index (χ3v) is 3.95. The summed E-state index contributed by atoms with van der Waals surface area (Å²) in [5.74, 6) is -0.184. The SMILES string of the molecule is Cn1cc(CN(Cc2cccc(F)c2)C[C@@H]2CCCO2)cn1. The normalized spacial score (nSPS) is 18.2. The standard InChI is InChI=1S/C17H22FN3O/c1-20-10-15(9-19-20)12-21(13-17-6-3-7-22-17)11-14-4-2-5-16(18)8-14/h2,4-5,8-10,17H,3,6-7,11-13H2,1H3/t17-/m0/s1. The Hall–Kier alpha value is -1.72. The van der Waals surface area contributed by atoms with E-state index in [1.54, 1.807) is 12.1 Å². The zero-order chi connectivity index (χ0) is 15.4. The first-order chi connectivity index (χ1) is 10.7. The Balaban J connectivity index is 1.69. The largest absolute Gasteiger partial charge is 0.377 e. The van der Waals surface area contributed by atoms with Gasteiger partial charge in [0, 0.05) is 45.0 Å². The summed E-state index contributed by atoms with van der Waals surface area (Å²) < 4.78 is 21.0. The molecule has 4 nitrogen and oxygen atoms in total. The van der Waals surface area contributed by atoms with Crippen molar-refractivity contribution < 1.29 is 9.13 Å². The highest BCUT2D eigenvalue weighted by molar-refractivity contribution is 5.16. The van der Waals surface area contributed by atoms with E-state index in [9.17, 15) is 4.39 Å². The molecule has 1 aromatic carbocycles. The van der Waals surface area contributed by atoms with E-state index in [2.05, 4.69) is 10.00 Å². The Bertz CT molecular complexity index is 607. The van der Waals surface area contributed by atoms with Gasteiger partial charge in [-0.3, -0.25) is 9.58 Å². The summed E-state index contributed by atoms with van der Waals surface area (Å²) in [4.78, 5) is 2.31. The maximum absolute atomic E-state index is 13.4. The molecule has 1 atom stereocenters. The molecule has 0 saturated carbocycles. The number of nitrogens with zero attached hydrogens (tertiary/aromatic N) is 3. The molecule has 2 heterocycles. The van der Waals surface area contributed by atoms with Gasteiger partial charge in [0.05, 0.1) is 12.3 Å². The molecule has 0 unspecified atom stereocenters. The monoisotopic (exact) mass is 303 g/mol. The van der Waals surface area contributed by atoms with Crippen molar-refractivity contribution in [1.29, 1.82) is 0 Å². The number of hydrogen-bond acceptors (Lipinski definition) is 3. The number of ether oxygens (including phenoxy) is 1. The van der Waals surface area contributed by atoms with Gasteiger partial charge in [-0.2, -0.15) is 5.10 Å². The molecule has 0 N–H and O–H groups in total. The van der Waals surface area contributed by atoms with Crippen molar-refractivity contribution in [1.82, 2.24) is 14.7 Å². The smallest absolute Gasteiger partial charge is 0.123 e. The second-order valence-corrected chi connectivity index (χ2v) is 5.96. The van der Waals surface area contributed by atoms with Crippen LogP contribution in [0.5, 0.6) is 0 Å². The lowest BCUT2D eigenvalue weighted by Gasteiger charge is -2.24. The van der Waals surface area contributed by atoms with Crippen molar-refractivity contribution >= 4 is 0 Å². The van der Waals surface area contributed by atoms with Gasteiger partial charge in [-0.25, -0.2) is 4.39 Å². The molecule has 0 radical (unpaired) electrons. The molecule has 2 aromatic rings. The van der Waals surface area contributed by atoms with Crippen LogP contribution in [0.3, 0.4) is 0 Å².